The Kier molecular flexibility index (Phi) is 2.95. The number of carbonyl (C=O) groups excluding carboxylic acids is 1. The number of hydrogen-bond acceptors (Lipinski definition) is 2. The molecule has 1 aliphatic carbocycles. The van der Waals surface area contributed by atoms with Gasteiger partial charge in [-0.15, -0.1) is 0 Å². The van der Waals surface area contributed by atoms with E-state index in [-0.39, 0.29) is 6.61 Å². The van der Waals surface area contributed by atoms with Crippen LogP contribution in [0.3, 0.4) is 0 Å². The molecule has 3 heteroatoms. The third kappa shape index (κ3) is 2.08. The Morgan fingerprint density at radius 2 is 2.06 bits per heavy atom. The van der Waals surface area contributed by atoms with Gasteiger partial charge in [0.25, 0.3) is 0 Å². The quantitative estimate of drug-likeness (QED) is 0.732. The van der Waals surface area contributed by atoms with Gasteiger partial charge in [0.15, 0.2) is 0 Å². The number of ether oxygens (including phenoxy) is 1. The minimum atomic E-state index is -1.12. The summed E-state index contributed by atoms with van der Waals surface area (Å²) in [6.45, 7) is 1.66. The number of alkyl halides is 1. The van der Waals surface area contributed by atoms with Crippen molar-refractivity contribution < 1.29 is 13.9 Å². The highest BCUT2D eigenvalue weighted by molar-refractivity contribution is 5.80. The number of hydrogen-bond donors (Lipinski definition) is 0. The van der Waals surface area contributed by atoms with Crippen LogP contribution in [0.2, 0.25) is 0 Å². The fourth-order valence-electron chi connectivity index (χ4n) is 1.77. The second kappa shape index (κ2) is 4.24. The Bertz CT molecular complexity index is 369. The molecule has 0 heterocycles. The summed E-state index contributed by atoms with van der Waals surface area (Å²) in [6, 6.07) is 9.43. The summed E-state index contributed by atoms with van der Waals surface area (Å²) in [4.78, 5) is 11.7. The second-order valence-electron chi connectivity index (χ2n) is 4.33. The van der Waals surface area contributed by atoms with Crippen molar-refractivity contribution in [3.05, 3.63) is 35.9 Å². The fourth-order valence-corrected chi connectivity index (χ4v) is 1.77. The lowest BCUT2D eigenvalue weighted by atomic mass is 10.0. The van der Waals surface area contributed by atoms with Crippen LogP contribution >= 0.6 is 0 Å². The largest absolute Gasteiger partial charge is 0.460 e. The molecular weight excluding hydrogens is 207 g/mol. The van der Waals surface area contributed by atoms with Crippen molar-refractivity contribution in [1.29, 1.82) is 0 Å². The molecule has 86 valence electrons. The average Bonchev–Trinajstić information content (AvgIpc) is 3.08. The first kappa shape index (κ1) is 11.1. The minimum absolute atomic E-state index is 0.230. The van der Waals surface area contributed by atoms with Gasteiger partial charge in [-0.3, -0.25) is 4.79 Å². The van der Waals surface area contributed by atoms with Gasteiger partial charge >= 0.3 is 5.97 Å². The van der Waals surface area contributed by atoms with Crippen LogP contribution in [-0.4, -0.2) is 12.1 Å². The highest BCUT2D eigenvalue weighted by Crippen LogP contribution is 2.51. The van der Waals surface area contributed by atoms with Crippen LogP contribution in [0, 0.1) is 5.41 Å². The van der Waals surface area contributed by atoms with Gasteiger partial charge in [0.2, 0.25) is 0 Å². The van der Waals surface area contributed by atoms with Crippen LogP contribution in [0.4, 0.5) is 4.39 Å². The maximum Gasteiger partial charge on any atom is 0.315 e. The summed E-state index contributed by atoms with van der Waals surface area (Å²) in [5.41, 5.74) is 0.0903. The molecule has 2 rings (SSSR count). The normalized spacial score (nSPS) is 18.9. The number of esters is 1. The standard InChI is InChI=1S/C13H15FO2/c1-10(14)13(7-8-13)12(15)16-9-11-5-3-2-4-6-11/h2-6,10H,7-9H2,1H3/t10-/m0/s1. The number of benzene rings is 1. The highest BCUT2D eigenvalue weighted by atomic mass is 19.1. The first-order valence-corrected chi connectivity index (χ1v) is 5.50. The lowest BCUT2D eigenvalue weighted by molar-refractivity contribution is -0.154. The summed E-state index contributed by atoms with van der Waals surface area (Å²) in [5.74, 6) is -0.397. The van der Waals surface area contributed by atoms with Crippen molar-refractivity contribution in [2.24, 2.45) is 5.41 Å². The molecule has 0 radical (unpaired) electrons. The maximum atomic E-state index is 13.2. The van der Waals surface area contributed by atoms with Gasteiger partial charge in [0.1, 0.15) is 12.8 Å². The summed E-state index contributed by atoms with van der Waals surface area (Å²) in [5, 5.41) is 0. The minimum Gasteiger partial charge on any atom is -0.460 e. The van der Waals surface area contributed by atoms with E-state index in [2.05, 4.69) is 0 Å². The van der Waals surface area contributed by atoms with Crippen LogP contribution in [-0.2, 0) is 16.1 Å². The lowest BCUT2D eigenvalue weighted by Crippen LogP contribution is -2.26. The smallest absolute Gasteiger partial charge is 0.315 e. The number of carbonyl (C=O) groups is 1. The van der Waals surface area contributed by atoms with E-state index in [0.29, 0.717) is 12.8 Å². The Hall–Kier alpha value is -1.38. The third-order valence-electron chi connectivity index (χ3n) is 3.17. The van der Waals surface area contributed by atoms with Gasteiger partial charge in [-0.2, -0.15) is 0 Å². The van der Waals surface area contributed by atoms with Crippen molar-refractivity contribution in [3.63, 3.8) is 0 Å². The molecular formula is C13H15FO2. The van der Waals surface area contributed by atoms with Crippen LogP contribution in [0.15, 0.2) is 30.3 Å². The molecule has 0 bridgehead atoms. The number of halogens is 1. The molecule has 0 N–H and O–H groups in total. The fraction of sp³-hybridized carbons (Fsp3) is 0.462. The van der Waals surface area contributed by atoms with E-state index in [1.807, 2.05) is 30.3 Å². The van der Waals surface area contributed by atoms with E-state index in [1.165, 1.54) is 6.92 Å². The highest BCUT2D eigenvalue weighted by Gasteiger charge is 2.56. The molecule has 1 aliphatic rings. The topological polar surface area (TPSA) is 26.3 Å². The molecule has 1 aromatic carbocycles. The van der Waals surface area contributed by atoms with E-state index >= 15 is 0 Å². The van der Waals surface area contributed by atoms with E-state index in [1.54, 1.807) is 0 Å². The zero-order valence-electron chi connectivity index (χ0n) is 9.28. The van der Waals surface area contributed by atoms with Crippen molar-refractivity contribution in [2.75, 3.05) is 0 Å². The molecule has 0 aromatic heterocycles. The van der Waals surface area contributed by atoms with Gasteiger partial charge in [0, 0.05) is 0 Å². The number of rotatable bonds is 4. The molecule has 0 unspecified atom stereocenters. The third-order valence-corrected chi connectivity index (χ3v) is 3.17. The monoisotopic (exact) mass is 222 g/mol. The molecule has 0 spiro atoms. The molecule has 1 fully saturated rings. The molecule has 0 aliphatic heterocycles. The average molecular weight is 222 g/mol. The Morgan fingerprint density at radius 1 is 1.44 bits per heavy atom. The van der Waals surface area contributed by atoms with Crippen molar-refractivity contribution in [3.8, 4) is 0 Å². The molecule has 2 nitrogen and oxygen atoms in total. The van der Waals surface area contributed by atoms with Crippen LogP contribution < -0.4 is 0 Å². The SMILES string of the molecule is C[C@H](F)C1(C(=O)OCc2ccccc2)CC1. The van der Waals surface area contributed by atoms with E-state index < -0.39 is 17.6 Å². The Morgan fingerprint density at radius 3 is 2.56 bits per heavy atom. The molecule has 1 saturated carbocycles. The van der Waals surface area contributed by atoms with Crippen LogP contribution in [0.25, 0.3) is 0 Å². The molecule has 1 aromatic rings. The Labute approximate surface area is 94.4 Å². The second-order valence-corrected chi connectivity index (χ2v) is 4.33. The summed E-state index contributed by atoms with van der Waals surface area (Å²) >= 11 is 0. The van der Waals surface area contributed by atoms with Crippen molar-refractivity contribution >= 4 is 5.97 Å². The predicted octanol–water partition coefficient (Wildman–Crippen LogP) is 2.87. The zero-order chi connectivity index (χ0) is 11.6. The molecule has 0 saturated heterocycles. The van der Waals surface area contributed by atoms with Crippen LogP contribution in [0.5, 0.6) is 0 Å². The summed E-state index contributed by atoms with van der Waals surface area (Å²) in [6.07, 6.45) is 0.104. The summed E-state index contributed by atoms with van der Waals surface area (Å²) < 4.78 is 18.4. The van der Waals surface area contributed by atoms with E-state index in [0.717, 1.165) is 5.56 Å². The van der Waals surface area contributed by atoms with Crippen LogP contribution in [0.1, 0.15) is 25.3 Å². The Balaban J connectivity index is 1.90. The van der Waals surface area contributed by atoms with E-state index in [4.69, 9.17) is 4.74 Å². The van der Waals surface area contributed by atoms with Crippen molar-refractivity contribution in [1.82, 2.24) is 0 Å². The van der Waals surface area contributed by atoms with Gasteiger partial charge in [-0.05, 0) is 25.3 Å². The lowest BCUT2D eigenvalue weighted by Gasteiger charge is -2.15. The first-order chi connectivity index (χ1) is 7.65. The van der Waals surface area contributed by atoms with E-state index in [9.17, 15) is 9.18 Å². The molecule has 16 heavy (non-hydrogen) atoms. The first-order valence-electron chi connectivity index (χ1n) is 5.50. The van der Waals surface area contributed by atoms with Gasteiger partial charge in [-0.1, -0.05) is 30.3 Å². The predicted molar refractivity (Wildman–Crippen MR) is 58.5 cm³/mol. The van der Waals surface area contributed by atoms with Gasteiger partial charge in [0.05, 0.1) is 5.41 Å². The molecule has 0 amide bonds. The summed E-state index contributed by atoms with van der Waals surface area (Å²) in [7, 11) is 0. The van der Waals surface area contributed by atoms with Gasteiger partial charge < -0.3 is 4.74 Å². The maximum absolute atomic E-state index is 13.2. The van der Waals surface area contributed by atoms with Crippen molar-refractivity contribution in [2.45, 2.75) is 32.5 Å². The zero-order valence-corrected chi connectivity index (χ0v) is 9.28. The van der Waals surface area contributed by atoms with Gasteiger partial charge in [-0.25, -0.2) is 4.39 Å². The molecule has 1 atom stereocenters.